The van der Waals surface area contributed by atoms with Gasteiger partial charge in [0.1, 0.15) is 23.1 Å². The van der Waals surface area contributed by atoms with Crippen molar-refractivity contribution in [3.05, 3.63) is 119 Å². The minimum absolute atomic E-state index is 0.0424. The van der Waals surface area contributed by atoms with Crippen LogP contribution >= 0.6 is 0 Å². The molecule has 0 amide bonds. The van der Waals surface area contributed by atoms with E-state index >= 15 is 0 Å². The second-order valence-corrected chi connectivity index (χ2v) is 12.4. The number of furan rings is 1. The van der Waals surface area contributed by atoms with E-state index < -0.39 is 22.0 Å². The average molecular weight is 598 g/mol. The molecule has 0 radical (unpaired) electrons. The molecule has 0 N–H and O–H groups in total. The molecule has 4 aromatic carbocycles. The number of ether oxygens (including phenoxy) is 2. The van der Waals surface area contributed by atoms with Gasteiger partial charge in [0.25, 0.3) is 0 Å². The number of carbonyl (C=O) groups is 1. The molecule has 0 aliphatic rings. The first-order valence-corrected chi connectivity index (χ1v) is 15.4. The summed E-state index contributed by atoms with van der Waals surface area (Å²) in [5, 5.41) is 1.00. The second-order valence-electron chi connectivity index (χ2n) is 10.6. The van der Waals surface area contributed by atoms with Crippen LogP contribution in [-0.2, 0) is 32.5 Å². The van der Waals surface area contributed by atoms with Crippen LogP contribution in [0.1, 0.15) is 27.8 Å². The molecule has 43 heavy (non-hydrogen) atoms. The van der Waals surface area contributed by atoms with Crippen LogP contribution in [0.5, 0.6) is 5.75 Å². The van der Waals surface area contributed by atoms with E-state index in [2.05, 4.69) is 0 Å². The number of nitrogens with zero attached hydrogens (tertiary/aromatic N) is 1. The molecule has 0 saturated heterocycles. The number of esters is 1. The van der Waals surface area contributed by atoms with E-state index in [-0.39, 0.29) is 17.9 Å². The van der Waals surface area contributed by atoms with E-state index in [1.54, 1.807) is 27.0 Å². The van der Waals surface area contributed by atoms with Gasteiger partial charge in [-0.1, -0.05) is 72.8 Å². The molecule has 5 aromatic rings. The number of sulfonamides is 1. The first kappa shape index (κ1) is 30.1. The highest BCUT2D eigenvalue weighted by Gasteiger charge is 2.39. The van der Waals surface area contributed by atoms with Gasteiger partial charge in [-0.3, -0.25) is 4.79 Å². The normalized spacial score (nSPS) is 12.4. The predicted molar refractivity (Wildman–Crippen MR) is 168 cm³/mol. The van der Waals surface area contributed by atoms with Crippen LogP contribution in [0.3, 0.4) is 0 Å². The number of aryl methyl sites for hydroxylation is 1. The maximum absolute atomic E-state index is 14.6. The third-order valence-corrected chi connectivity index (χ3v) is 10.0. The monoisotopic (exact) mass is 597 g/mol. The van der Waals surface area contributed by atoms with Crippen molar-refractivity contribution in [1.82, 2.24) is 4.31 Å². The van der Waals surface area contributed by atoms with Crippen molar-refractivity contribution < 1.29 is 27.1 Å². The molecule has 0 saturated carbocycles. The first-order valence-electron chi connectivity index (χ1n) is 14.0. The van der Waals surface area contributed by atoms with E-state index in [1.807, 2.05) is 91.9 Å². The van der Waals surface area contributed by atoms with Crippen molar-refractivity contribution in [3.8, 4) is 17.1 Å². The maximum atomic E-state index is 14.6. The van der Waals surface area contributed by atoms with Gasteiger partial charge in [0.15, 0.2) is 0 Å². The summed E-state index contributed by atoms with van der Waals surface area (Å²) < 4.78 is 47.2. The Morgan fingerprint density at radius 2 is 1.51 bits per heavy atom. The highest BCUT2D eigenvalue weighted by atomic mass is 32.2. The Labute approximate surface area is 252 Å². The quantitative estimate of drug-likeness (QED) is 0.161. The lowest BCUT2D eigenvalue weighted by atomic mass is 10.0. The minimum atomic E-state index is -4.20. The third kappa shape index (κ3) is 6.07. The highest BCUT2D eigenvalue weighted by molar-refractivity contribution is 7.89. The number of para-hydroxylation sites is 1. The van der Waals surface area contributed by atoms with Gasteiger partial charge < -0.3 is 13.9 Å². The molecule has 0 spiro atoms. The summed E-state index contributed by atoms with van der Waals surface area (Å²) >= 11 is 0. The van der Waals surface area contributed by atoms with Gasteiger partial charge in [0.2, 0.25) is 10.0 Å². The molecule has 222 valence electrons. The van der Waals surface area contributed by atoms with Gasteiger partial charge in [0.05, 0.1) is 19.1 Å². The lowest BCUT2D eigenvalue weighted by Crippen LogP contribution is -2.46. The number of hydrogen-bond donors (Lipinski definition) is 0. The smallest absolute Gasteiger partial charge is 0.324 e. The van der Waals surface area contributed by atoms with Gasteiger partial charge in [-0.2, -0.15) is 4.31 Å². The van der Waals surface area contributed by atoms with Crippen molar-refractivity contribution in [1.29, 1.82) is 0 Å². The number of rotatable bonds is 10. The lowest BCUT2D eigenvalue weighted by Gasteiger charge is -2.31. The highest BCUT2D eigenvalue weighted by Crippen LogP contribution is 2.35. The number of hydrogen-bond acceptors (Lipinski definition) is 6. The molecular weight excluding hydrogens is 562 g/mol. The van der Waals surface area contributed by atoms with Crippen LogP contribution in [0, 0.1) is 20.8 Å². The SMILES string of the molecule is COC(=O)[C@H](Cc1ccccc1)N(Cc1ccc(-c2cc3ccccc3o2)cc1)S(=O)(=O)c1c(C)cc(OC)c(C)c1C. The zero-order valence-corrected chi connectivity index (χ0v) is 25.8. The van der Waals surface area contributed by atoms with E-state index in [9.17, 15) is 13.2 Å². The van der Waals surface area contributed by atoms with E-state index in [1.165, 1.54) is 11.4 Å². The molecule has 0 bridgehead atoms. The van der Waals surface area contributed by atoms with E-state index in [4.69, 9.17) is 13.9 Å². The minimum Gasteiger partial charge on any atom is -0.496 e. The van der Waals surface area contributed by atoms with Crippen molar-refractivity contribution in [2.75, 3.05) is 14.2 Å². The zero-order chi connectivity index (χ0) is 30.7. The fourth-order valence-electron chi connectivity index (χ4n) is 5.46. The predicted octanol–water partition coefficient (Wildman–Crippen LogP) is 7.01. The van der Waals surface area contributed by atoms with Gasteiger partial charge in [-0.15, -0.1) is 0 Å². The van der Waals surface area contributed by atoms with Crippen LogP contribution in [-0.4, -0.2) is 39.0 Å². The molecule has 8 heteroatoms. The Bertz CT molecular complexity index is 1830. The average Bonchev–Trinajstić information content (AvgIpc) is 3.45. The standard InChI is InChI=1S/C35H35NO6S/c1-23-19-32(40-4)24(2)25(3)34(23)43(38,39)36(30(35(37)41-5)20-26-11-7-6-8-12-26)22-27-15-17-28(18-16-27)33-21-29-13-9-10-14-31(29)42-33/h6-19,21,30H,20,22H2,1-5H3/t30-/m0/s1. The Morgan fingerprint density at radius 1 is 0.837 bits per heavy atom. The summed E-state index contributed by atoms with van der Waals surface area (Å²) in [5.74, 6) is 0.691. The molecular formula is C35H35NO6S. The molecule has 0 aliphatic carbocycles. The van der Waals surface area contributed by atoms with Gasteiger partial charge in [-0.25, -0.2) is 8.42 Å². The Hall–Kier alpha value is -4.40. The van der Waals surface area contributed by atoms with E-state index in [0.29, 0.717) is 28.2 Å². The van der Waals surface area contributed by atoms with Crippen LogP contribution in [0.2, 0.25) is 0 Å². The Kier molecular flexibility index (Phi) is 8.71. The fourth-order valence-corrected chi connectivity index (χ4v) is 7.52. The van der Waals surface area contributed by atoms with Crippen LogP contribution in [0.25, 0.3) is 22.3 Å². The fraction of sp³-hybridized carbons (Fsp3) is 0.229. The molecule has 0 aliphatic heterocycles. The van der Waals surface area contributed by atoms with Crippen LogP contribution in [0.15, 0.2) is 100 Å². The molecule has 7 nitrogen and oxygen atoms in total. The zero-order valence-electron chi connectivity index (χ0n) is 25.0. The largest absolute Gasteiger partial charge is 0.496 e. The summed E-state index contributed by atoms with van der Waals surface area (Å²) in [5.41, 5.74) is 5.02. The molecule has 1 aromatic heterocycles. The van der Waals surface area contributed by atoms with Gasteiger partial charge >= 0.3 is 5.97 Å². The number of carbonyl (C=O) groups excluding carboxylic acids is 1. The molecule has 0 unspecified atom stereocenters. The van der Waals surface area contributed by atoms with Crippen molar-refractivity contribution >= 4 is 27.0 Å². The number of methoxy groups -OCH3 is 2. The maximum Gasteiger partial charge on any atom is 0.324 e. The molecule has 1 atom stereocenters. The first-order chi connectivity index (χ1) is 20.6. The summed E-state index contributed by atoms with van der Waals surface area (Å²) in [6.07, 6.45) is 0.150. The molecule has 5 rings (SSSR count). The van der Waals surface area contributed by atoms with Crippen molar-refractivity contribution in [2.24, 2.45) is 0 Å². The summed E-state index contributed by atoms with van der Waals surface area (Å²) in [4.78, 5) is 13.5. The summed E-state index contributed by atoms with van der Waals surface area (Å²) in [6.45, 7) is 5.30. The number of fused-ring (bicyclic) bond motifs is 1. The van der Waals surface area contributed by atoms with Crippen LogP contribution in [0.4, 0.5) is 0 Å². The van der Waals surface area contributed by atoms with Crippen molar-refractivity contribution in [3.63, 3.8) is 0 Å². The Morgan fingerprint density at radius 3 is 2.16 bits per heavy atom. The Balaban J connectivity index is 1.59. The van der Waals surface area contributed by atoms with Gasteiger partial charge in [0, 0.05) is 17.5 Å². The van der Waals surface area contributed by atoms with Gasteiger partial charge in [-0.05, 0) is 73.2 Å². The molecule has 1 heterocycles. The third-order valence-electron chi connectivity index (χ3n) is 7.86. The summed E-state index contributed by atoms with van der Waals surface area (Å²) in [6, 6.07) is 27.3. The van der Waals surface area contributed by atoms with Crippen LogP contribution < -0.4 is 4.74 Å². The number of benzene rings is 4. The topological polar surface area (TPSA) is 86.0 Å². The lowest BCUT2D eigenvalue weighted by molar-refractivity contribution is -0.145. The van der Waals surface area contributed by atoms with Crippen molar-refractivity contribution in [2.45, 2.75) is 44.7 Å². The molecule has 0 fully saturated rings. The summed E-state index contributed by atoms with van der Waals surface area (Å²) in [7, 11) is -1.37. The van der Waals surface area contributed by atoms with E-state index in [0.717, 1.165) is 27.7 Å². The second kappa shape index (κ2) is 12.5.